The lowest BCUT2D eigenvalue weighted by Crippen LogP contribution is -2.14. The fourth-order valence-corrected chi connectivity index (χ4v) is 4.48. The second-order valence-corrected chi connectivity index (χ2v) is 7.47. The van der Waals surface area contributed by atoms with Crippen molar-refractivity contribution in [2.45, 2.75) is 14.7 Å². The second-order valence-electron chi connectivity index (χ2n) is 4.22. The molecule has 124 valence electrons. The van der Waals surface area contributed by atoms with Crippen molar-refractivity contribution in [3.63, 3.8) is 0 Å². The lowest BCUT2D eigenvalue weighted by molar-refractivity contribution is 0.419. The maximum absolute atomic E-state index is 13.7. The van der Waals surface area contributed by atoms with Crippen molar-refractivity contribution in [2.75, 3.05) is 0 Å². The zero-order valence-corrected chi connectivity index (χ0v) is 12.4. The highest BCUT2D eigenvalue weighted by Crippen LogP contribution is 2.32. The van der Waals surface area contributed by atoms with Gasteiger partial charge in [-0.25, -0.2) is 26.0 Å². The van der Waals surface area contributed by atoms with Crippen molar-refractivity contribution in [3.8, 4) is 0 Å². The van der Waals surface area contributed by atoms with Gasteiger partial charge in [0.1, 0.15) is 9.79 Å². The molecule has 2 rings (SSSR count). The summed E-state index contributed by atoms with van der Waals surface area (Å²) in [6, 6.07) is 3.08. The number of hydrogen-bond donors (Lipinski definition) is 1. The summed E-state index contributed by atoms with van der Waals surface area (Å²) in [4.78, 5) is -4.42. The van der Waals surface area contributed by atoms with Crippen LogP contribution in [-0.4, -0.2) is 21.4 Å². The van der Waals surface area contributed by atoms with Gasteiger partial charge in [-0.05, 0) is 12.1 Å². The molecule has 0 unspecified atom stereocenters. The molecule has 0 saturated heterocycles. The van der Waals surface area contributed by atoms with Gasteiger partial charge in [-0.2, -0.15) is 8.42 Å². The van der Waals surface area contributed by atoms with Gasteiger partial charge in [0.05, 0.1) is 4.90 Å². The SMILES string of the molecule is O=S(=O)(O)c1ccccc1S(=O)(=O)c1c(F)c(F)cc(F)c1F. The minimum Gasteiger partial charge on any atom is -0.282 e. The molecule has 0 radical (unpaired) electrons. The zero-order chi connectivity index (χ0) is 17.6. The molecule has 0 heterocycles. The molecule has 0 atom stereocenters. The quantitative estimate of drug-likeness (QED) is 0.509. The molecule has 5 nitrogen and oxygen atoms in total. The number of rotatable bonds is 3. The van der Waals surface area contributed by atoms with Gasteiger partial charge >= 0.3 is 0 Å². The smallest absolute Gasteiger partial charge is 0.282 e. The molecule has 2 aromatic rings. The van der Waals surface area contributed by atoms with Gasteiger partial charge in [-0.3, -0.25) is 4.55 Å². The van der Waals surface area contributed by atoms with Crippen LogP contribution in [0.25, 0.3) is 0 Å². The summed E-state index contributed by atoms with van der Waals surface area (Å²) in [6.45, 7) is 0. The maximum atomic E-state index is 13.7. The van der Waals surface area contributed by atoms with E-state index in [4.69, 9.17) is 4.55 Å². The number of benzene rings is 2. The average molecular weight is 370 g/mol. The second kappa shape index (κ2) is 5.58. The summed E-state index contributed by atoms with van der Waals surface area (Å²) in [6.07, 6.45) is 0. The van der Waals surface area contributed by atoms with E-state index in [0.29, 0.717) is 12.1 Å². The summed E-state index contributed by atoms with van der Waals surface area (Å²) >= 11 is 0. The molecule has 0 aromatic heterocycles. The lowest BCUT2D eigenvalue weighted by atomic mass is 10.3. The molecule has 1 N–H and O–H groups in total. The minimum absolute atomic E-state index is 0.196. The van der Waals surface area contributed by atoms with E-state index in [2.05, 4.69) is 0 Å². The van der Waals surface area contributed by atoms with Crippen LogP contribution in [0.15, 0.2) is 45.0 Å². The Kier molecular flexibility index (Phi) is 4.22. The van der Waals surface area contributed by atoms with Gasteiger partial charge in [0, 0.05) is 6.07 Å². The van der Waals surface area contributed by atoms with Crippen molar-refractivity contribution in [3.05, 3.63) is 53.6 Å². The molecule has 0 amide bonds. The highest BCUT2D eigenvalue weighted by Gasteiger charge is 2.34. The molecule has 11 heteroatoms. The fourth-order valence-electron chi connectivity index (χ4n) is 1.78. The first-order valence-electron chi connectivity index (χ1n) is 5.62. The zero-order valence-electron chi connectivity index (χ0n) is 10.8. The fraction of sp³-hybridized carbons (Fsp3) is 0. The van der Waals surface area contributed by atoms with E-state index in [0.717, 1.165) is 12.1 Å². The van der Waals surface area contributed by atoms with E-state index in [1.807, 2.05) is 0 Å². The Morgan fingerprint density at radius 1 is 0.783 bits per heavy atom. The molecule has 0 saturated carbocycles. The summed E-state index contributed by atoms with van der Waals surface area (Å²) < 4.78 is 110. The first-order valence-corrected chi connectivity index (χ1v) is 8.55. The number of hydrogen-bond acceptors (Lipinski definition) is 4. The molecular weight excluding hydrogens is 364 g/mol. The van der Waals surface area contributed by atoms with E-state index in [1.165, 1.54) is 0 Å². The van der Waals surface area contributed by atoms with Gasteiger partial charge < -0.3 is 0 Å². The minimum atomic E-state index is -5.33. The molecule has 23 heavy (non-hydrogen) atoms. The maximum Gasteiger partial charge on any atom is 0.295 e. The summed E-state index contributed by atoms with van der Waals surface area (Å²) in [5.74, 6) is -8.39. The molecule has 0 fully saturated rings. The molecular formula is C12H6F4O5S2. The lowest BCUT2D eigenvalue weighted by Gasteiger charge is -2.11. The normalized spacial score (nSPS) is 12.4. The van der Waals surface area contributed by atoms with E-state index in [1.54, 1.807) is 0 Å². The summed E-state index contributed by atoms with van der Waals surface area (Å²) in [5, 5.41) is 0. The molecule has 0 spiro atoms. The van der Waals surface area contributed by atoms with E-state index in [-0.39, 0.29) is 6.07 Å². The Hall–Kier alpha value is -1.98. The van der Waals surface area contributed by atoms with E-state index < -0.39 is 57.9 Å². The van der Waals surface area contributed by atoms with Crippen molar-refractivity contribution in [2.24, 2.45) is 0 Å². The van der Waals surface area contributed by atoms with Gasteiger partial charge in [-0.15, -0.1) is 0 Å². The van der Waals surface area contributed by atoms with Gasteiger partial charge in [-0.1, -0.05) is 12.1 Å². The monoisotopic (exact) mass is 370 g/mol. The Labute approximate surface area is 127 Å². The van der Waals surface area contributed by atoms with Crippen LogP contribution in [0.3, 0.4) is 0 Å². The third kappa shape index (κ3) is 2.94. The molecule has 0 aliphatic carbocycles. The van der Waals surface area contributed by atoms with Crippen LogP contribution in [-0.2, 0) is 20.0 Å². The first-order chi connectivity index (χ1) is 10.5. The standard InChI is InChI=1S/C12H6F4O5S2/c13-6-5-7(14)11(16)12(10(6)15)22(17,18)8-3-1-2-4-9(8)23(19,20)21/h1-5H,(H,19,20,21). The third-order valence-corrected chi connectivity index (χ3v) is 5.63. The Balaban J connectivity index is 2.92. The van der Waals surface area contributed by atoms with Gasteiger partial charge in [0.15, 0.2) is 23.3 Å². The molecule has 0 bridgehead atoms. The summed E-state index contributed by atoms with van der Waals surface area (Å²) in [7, 11) is -10.4. The average Bonchev–Trinajstić information content (AvgIpc) is 2.44. The number of sulfone groups is 1. The molecule has 2 aromatic carbocycles. The van der Waals surface area contributed by atoms with Crippen LogP contribution in [0.2, 0.25) is 0 Å². The van der Waals surface area contributed by atoms with E-state index in [9.17, 15) is 34.4 Å². The predicted molar refractivity (Wildman–Crippen MR) is 68.0 cm³/mol. The van der Waals surface area contributed by atoms with Gasteiger partial charge in [0.25, 0.3) is 10.1 Å². The predicted octanol–water partition coefficient (Wildman–Crippen LogP) is 2.32. The van der Waals surface area contributed by atoms with Crippen LogP contribution in [0.5, 0.6) is 0 Å². The van der Waals surface area contributed by atoms with Crippen molar-refractivity contribution >= 4 is 20.0 Å². The van der Waals surface area contributed by atoms with Crippen LogP contribution >= 0.6 is 0 Å². The van der Waals surface area contributed by atoms with Gasteiger partial charge in [0.2, 0.25) is 9.84 Å². The molecule has 0 aliphatic heterocycles. The Morgan fingerprint density at radius 3 is 1.65 bits per heavy atom. The number of halogens is 4. The summed E-state index contributed by atoms with van der Waals surface area (Å²) in [5.41, 5.74) is 0. The first kappa shape index (κ1) is 17.4. The van der Waals surface area contributed by atoms with Crippen molar-refractivity contribution in [1.82, 2.24) is 0 Å². The third-order valence-electron chi connectivity index (χ3n) is 2.76. The largest absolute Gasteiger partial charge is 0.295 e. The van der Waals surface area contributed by atoms with Crippen molar-refractivity contribution in [1.29, 1.82) is 0 Å². The highest BCUT2D eigenvalue weighted by molar-refractivity contribution is 7.92. The van der Waals surface area contributed by atoms with Crippen LogP contribution in [0, 0.1) is 23.3 Å². The van der Waals surface area contributed by atoms with E-state index >= 15 is 0 Å². The van der Waals surface area contributed by atoms with Crippen LogP contribution in [0.1, 0.15) is 0 Å². The highest BCUT2D eigenvalue weighted by atomic mass is 32.2. The van der Waals surface area contributed by atoms with Crippen LogP contribution in [0.4, 0.5) is 17.6 Å². The van der Waals surface area contributed by atoms with Crippen molar-refractivity contribution < 1.29 is 39.0 Å². The molecule has 0 aliphatic rings. The Morgan fingerprint density at radius 2 is 1.22 bits per heavy atom. The van der Waals surface area contributed by atoms with Crippen LogP contribution < -0.4 is 0 Å². The Bertz CT molecular complexity index is 974. The topological polar surface area (TPSA) is 88.5 Å².